The predicted molar refractivity (Wildman–Crippen MR) is 143 cm³/mol. The van der Waals surface area contributed by atoms with Gasteiger partial charge in [-0.1, -0.05) is 62.6 Å². The number of carbonyl (C=O) groups excluding carboxylic acids is 2. The Morgan fingerprint density at radius 3 is 2.78 bits per heavy atom. The van der Waals surface area contributed by atoms with E-state index in [0.29, 0.717) is 42.5 Å². The first-order chi connectivity index (χ1) is 18.0. The standard InChI is InChI=1S/C29H40ClN3O4/c1-36-27(34)15-13-22-12-14-24(30)18-23(22)19-33-17-7-11-26(33)29-32-25(20-37-29)28(35)31-16-6-5-10-21-8-3-2-4-9-21/h12,14,18,20-21,26H,2-11,13,15-17,19H2,1H3,(H,31,35). The molecular weight excluding hydrogens is 490 g/mol. The summed E-state index contributed by atoms with van der Waals surface area (Å²) in [5, 5.41) is 3.67. The topological polar surface area (TPSA) is 84.7 Å². The van der Waals surface area contributed by atoms with Crippen LogP contribution in [-0.2, 0) is 22.5 Å². The SMILES string of the molecule is COC(=O)CCc1ccc(Cl)cc1CN1CCCC1c1nc(C(=O)NCCCCC2CCCCC2)co1. The summed E-state index contributed by atoms with van der Waals surface area (Å²) in [4.78, 5) is 31.2. The highest BCUT2D eigenvalue weighted by Gasteiger charge is 2.31. The van der Waals surface area contributed by atoms with E-state index in [0.717, 1.165) is 49.3 Å². The van der Waals surface area contributed by atoms with Gasteiger partial charge >= 0.3 is 5.97 Å². The van der Waals surface area contributed by atoms with Crippen molar-refractivity contribution in [3.8, 4) is 0 Å². The van der Waals surface area contributed by atoms with Gasteiger partial charge in [-0.3, -0.25) is 14.5 Å². The summed E-state index contributed by atoms with van der Waals surface area (Å²) in [6, 6.07) is 5.80. The van der Waals surface area contributed by atoms with E-state index in [2.05, 4.69) is 15.2 Å². The molecule has 2 aromatic rings. The van der Waals surface area contributed by atoms with Gasteiger partial charge in [0.05, 0.1) is 13.2 Å². The first-order valence-corrected chi connectivity index (χ1v) is 14.2. The molecule has 1 aliphatic carbocycles. The zero-order valence-electron chi connectivity index (χ0n) is 22.0. The quantitative estimate of drug-likeness (QED) is 0.258. The summed E-state index contributed by atoms with van der Waals surface area (Å²) in [6.45, 7) is 2.25. The Kier molecular flexibility index (Phi) is 10.4. The number of aromatic nitrogens is 1. The fourth-order valence-electron chi connectivity index (χ4n) is 5.71. The molecule has 1 aromatic carbocycles. The monoisotopic (exact) mass is 529 g/mol. The van der Waals surface area contributed by atoms with Gasteiger partial charge in [0.25, 0.3) is 5.91 Å². The van der Waals surface area contributed by atoms with Crippen molar-refractivity contribution in [3.05, 3.63) is 52.2 Å². The number of methoxy groups -OCH3 is 1. The Balaban J connectivity index is 1.29. The molecule has 1 unspecified atom stereocenters. The molecule has 2 aliphatic rings. The van der Waals surface area contributed by atoms with Gasteiger partial charge < -0.3 is 14.5 Å². The number of hydrogen-bond donors (Lipinski definition) is 1. The van der Waals surface area contributed by atoms with Gasteiger partial charge in [0.2, 0.25) is 5.89 Å². The van der Waals surface area contributed by atoms with Gasteiger partial charge in [0.1, 0.15) is 6.26 Å². The third-order valence-corrected chi connectivity index (χ3v) is 8.06. The molecule has 7 nitrogen and oxygen atoms in total. The second-order valence-electron chi connectivity index (χ2n) is 10.4. The lowest BCUT2D eigenvalue weighted by molar-refractivity contribution is -0.140. The minimum absolute atomic E-state index is 0.00415. The first-order valence-electron chi connectivity index (χ1n) is 13.8. The molecule has 37 heavy (non-hydrogen) atoms. The summed E-state index contributed by atoms with van der Waals surface area (Å²) in [5.41, 5.74) is 2.51. The van der Waals surface area contributed by atoms with Crippen molar-refractivity contribution in [2.45, 2.75) is 89.6 Å². The maximum atomic E-state index is 12.6. The highest BCUT2D eigenvalue weighted by atomic mass is 35.5. The van der Waals surface area contributed by atoms with Crippen molar-refractivity contribution in [2.24, 2.45) is 5.92 Å². The third-order valence-electron chi connectivity index (χ3n) is 7.82. The molecule has 1 atom stereocenters. The number of benzene rings is 1. The van der Waals surface area contributed by atoms with E-state index < -0.39 is 0 Å². The van der Waals surface area contributed by atoms with E-state index in [1.807, 2.05) is 18.2 Å². The minimum Gasteiger partial charge on any atom is -0.469 e. The Bertz CT molecular complexity index is 1030. The van der Waals surface area contributed by atoms with Crippen molar-refractivity contribution in [2.75, 3.05) is 20.2 Å². The average molecular weight is 530 g/mol. The highest BCUT2D eigenvalue weighted by Crippen LogP contribution is 2.34. The van der Waals surface area contributed by atoms with Crippen LogP contribution >= 0.6 is 11.6 Å². The molecule has 1 saturated heterocycles. The number of unbranched alkanes of at least 4 members (excludes halogenated alkanes) is 1. The van der Waals surface area contributed by atoms with Crippen LogP contribution < -0.4 is 5.32 Å². The summed E-state index contributed by atoms with van der Waals surface area (Å²) < 4.78 is 10.6. The summed E-state index contributed by atoms with van der Waals surface area (Å²) >= 11 is 6.30. The number of oxazole rings is 1. The molecule has 0 spiro atoms. The van der Waals surface area contributed by atoms with Crippen LogP contribution in [0.25, 0.3) is 0 Å². The molecule has 202 valence electrons. The van der Waals surface area contributed by atoms with Gasteiger partial charge in [-0.2, -0.15) is 0 Å². The van der Waals surface area contributed by atoms with Gasteiger partial charge in [-0.05, 0) is 61.4 Å². The van der Waals surface area contributed by atoms with Gasteiger partial charge in [0, 0.05) is 24.5 Å². The second kappa shape index (κ2) is 14.0. The van der Waals surface area contributed by atoms with Crippen LogP contribution in [0.15, 0.2) is 28.9 Å². The number of ether oxygens (including phenoxy) is 1. The van der Waals surface area contributed by atoms with Gasteiger partial charge in [0.15, 0.2) is 5.69 Å². The summed E-state index contributed by atoms with van der Waals surface area (Å²) in [6.07, 6.45) is 14.7. The maximum Gasteiger partial charge on any atom is 0.305 e. The summed E-state index contributed by atoms with van der Waals surface area (Å²) in [5.74, 6) is 1.07. The fourth-order valence-corrected chi connectivity index (χ4v) is 5.90. The van der Waals surface area contributed by atoms with Crippen molar-refractivity contribution in [3.63, 3.8) is 0 Å². The molecule has 1 aliphatic heterocycles. The van der Waals surface area contributed by atoms with Crippen LogP contribution in [0, 0.1) is 5.92 Å². The van der Waals surface area contributed by atoms with Crippen molar-refractivity contribution in [1.29, 1.82) is 0 Å². The number of halogens is 1. The third kappa shape index (κ3) is 8.05. The lowest BCUT2D eigenvalue weighted by atomic mass is 9.86. The average Bonchev–Trinajstić information content (AvgIpc) is 3.58. The van der Waals surface area contributed by atoms with Crippen LogP contribution in [0.5, 0.6) is 0 Å². The minimum atomic E-state index is -0.227. The number of aryl methyl sites for hydroxylation is 1. The Labute approximate surface area is 225 Å². The molecule has 2 fully saturated rings. The first kappa shape index (κ1) is 27.6. The molecule has 8 heteroatoms. The van der Waals surface area contributed by atoms with Crippen molar-refractivity contribution >= 4 is 23.5 Å². The van der Waals surface area contributed by atoms with E-state index in [9.17, 15) is 9.59 Å². The van der Waals surface area contributed by atoms with Crippen molar-refractivity contribution < 1.29 is 18.7 Å². The smallest absolute Gasteiger partial charge is 0.305 e. The Hall–Kier alpha value is -2.38. The van der Waals surface area contributed by atoms with Crippen LogP contribution in [0.3, 0.4) is 0 Å². The zero-order chi connectivity index (χ0) is 26.0. The summed E-state index contributed by atoms with van der Waals surface area (Å²) in [7, 11) is 1.41. The Morgan fingerprint density at radius 1 is 1.14 bits per heavy atom. The number of esters is 1. The van der Waals surface area contributed by atoms with Crippen LogP contribution in [0.4, 0.5) is 0 Å². The van der Waals surface area contributed by atoms with Crippen LogP contribution in [0.2, 0.25) is 5.02 Å². The van der Waals surface area contributed by atoms with E-state index in [1.165, 1.54) is 51.9 Å². The van der Waals surface area contributed by atoms with E-state index >= 15 is 0 Å². The van der Waals surface area contributed by atoms with Gasteiger partial charge in [-0.15, -0.1) is 0 Å². The molecule has 1 N–H and O–H groups in total. The number of carbonyl (C=O) groups is 2. The number of amides is 1. The number of nitrogens with one attached hydrogen (secondary N) is 1. The molecule has 0 radical (unpaired) electrons. The number of likely N-dealkylation sites (tertiary alicyclic amines) is 1. The molecule has 0 bridgehead atoms. The molecule has 1 aromatic heterocycles. The Morgan fingerprint density at radius 2 is 1.97 bits per heavy atom. The number of rotatable bonds is 12. The second-order valence-corrected chi connectivity index (χ2v) is 10.9. The predicted octanol–water partition coefficient (Wildman–Crippen LogP) is 6.25. The zero-order valence-corrected chi connectivity index (χ0v) is 22.7. The van der Waals surface area contributed by atoms with Crippen molar-refractivity contribution in [1.82, 2.24) is 15.2 Å². The van der Waals surface area contributed by atoms with E-state index in [4.69, 9.17) is 20.8 Å². The van der Waals surface area contributed by atoms with Gasteiger partial charge in [-0.25, -0.2) is 4.98 Å². The van der Waals surface area contributed by atoms with Crippen LogP contribution in [-0.4, -0.2) is 42.0 Å². The number of nitrogens with zero attached hydrogens (tertiary/aromatic N) is 2. The molecule has 2 heterocycles. The van der Waals surface area contributed by atoms with E-state index in [-0.39, 0.29) is 17.9 Å². The molecule has 1 saturated carbocycles. The fraction of sp³-hybridized carbons (Fsp3) is 0.621. The molecular formula is C29H40ClN3O4. The number of hydrogen-bond acceptors (Lipinski definition) is 6. The maximum absolute atomic E-state index is 12.6. The normalized spacial score (nSPS) is 18.7. The largest absolute Gasteiger partial charge is 0.469 e. The highest BCUT2D eigenvalue weighted by molar-refractivity contribution is 6.30. The molecule has 4 rings (SSSR count). The lowest BCUT2D eigenvalue weighted by Crippen LogP contribution is -2.26. The van der Waals surface area contributed by atoms with Crippen LogP contribution in [0.1, 0.15) is 104 Å². The molecule has 1 amide bonds. The lowest BCUT2D eigenvalue weighted by Gasteiger charge is -2.23. The van der Waals surface area contributed by atoms with E-state index in [1.54, 1.807) is 0 Å².